The standard InChI is InChI=1S/C22H24ClN3O4S/c23-17-6-8-20(9-7-17)31(29,30)24-18-10-12-25(13-11-18)22(28)16-14-21(27)26(15-16)19-4-2-1-3-5-19/h1-9,16,18,24H,10-15H2/t16-/m1/s1. The zero-order valence-electron chi connectivity index (χ0n) is 16.9. The van der Waals surface area contributed by atoms with Crippen molar-refractivity contribution in [1.82, 2.24) is 9.62 Å². The first-order chi connectivity index (χ1) is 14.8. The highest BCUT2D eigenvalue weighted by Gasteiger charge is 2.38. The van der Waals surface area contributed by atoms with Gasteiger partial charge in [0, 0.05) is 42.8 Å². The molecular formula is C22H24ClN3O4S. The highest BCUT2D eigenvalue weighted by Crippen LogP contribution is 2.27. The Morgan fingerprint density at radius 1 is 1.00 bits per heavy atom. The second-order valence-electron chi connectivity index (χ2n) is 7.92. The molecule has 0 unspecified atom stereocenters. The first-order valence-electron chi connectivity index (χ1n) is 10.3. The number of hydrogen-bond acceptors (Lipinski definition) is 4. The number of hydrogen-bond donors (Lipinski definition) is 1. The second-order valence-corrected chi connectivity index (χ2v) is 10.1. The van der Waals surface area contributed by atoms with Crippen molar-refractivity contribution < 1.29 is 18.0 Å². The molecule has 1 atom stereocenters. The van der Waals surface area contributed by atoms with E-state index in [4.69, 9.17) is 11.6 Å². The maximum atomic E-state index is 13.0. The minimum atomic E-state index is -3.64. The number of nitrogens with one attached hydrogen (secondary N) is 1. The van der Waals surface area contributed by atoms with Gasteiger partial charge in [0.15, 0.2) is 0 Å². The summed E-state index contributed by atoms with van der Waals surface area (Å²) >= 11 is 5.83. The number of nitrogens with zero attached hydrogens (tertiary/aromatic N) is 2. The van der Waals surface area contributed by atoms with E-state index in [1.807, 2.05) is 30.3 Å². The SMILES string of the molecule is O=C([C@@H]1CC(=O)N(c2ccccc2)C1)N1CCC(NS(=O)(=O)c2ccc(Cl)cc2)CC1. The molecule has 2 aliphatic heterocycles. The fraction of sp³-hybridized carbons (Fsp3) is 0.364. The Bertz CT molecular complexity index is 1050. The van der Waals surface area contributed by atoms with E-state index in [9.17, 15) is 18.0 Å². The number of halogens is 1. The van der Waals surface area contributed by atoms with Gasteiger partial charge in [-0.05, 0) is 49.2 Å². The number of anilines is 1. The van der Waals surface area contributed by atoms with Crippen LogP contribution in [0.4, 0.5) is 5.69 Å². The van der Waals surface area contributed by atoms with Gasteiger partial charge in [0.2, 0.25) is 21.8 Å². The van der Waals surface area contributed by atoms with Gasteiger partial charge in [-0.3, -0.25) is 9.59 Å². The zero-order chi connectivity index (χ0) is 22.0. The maximum absolute atomic E-state index is 13.0. The quantitative estimate of drug-likeness (QED) is 0.741. The van der Waals surface area contributed by atoms with Crippen molar-refractivity contribution in [3.8, 4) is 0 Å². The molecule has 9 heteroatoms. The average Bonchev–Trinajstić information content (AvgIpc) is 3.16. The van der Waals surface area contributed by atoms with Crippen LogP contribution < -0.4 is 9.62 Å². The van der Waals surface area contributed by atoms with E-state index in [-0.39, 0.29) is 35.1 Å². The number of piperidine rings is 1. The van der Waals surface area contributed by atoms with Gasteiger partial charge in [0.05, 0.1) is 10.8 Å². The molecule has 164 valence electrons. The minimum absolute atomic E-state index is 0.0363. The summed E-state index contributed by atoms with van der Waals surface area (Å²) in [5.41, 5.74) is 0.804. The predicted molar refractivity (Wildman–Crippen MR) is 118 cm³/mol. The Kier molecular flexibility index (Phi) is 6.31. The highest BCUT2D eigenvalue weighted by molar-refractivity contribution is 7.89. The third-order valence-electron chi connectivity index (χ3n) is 5.79. The monoisotopic (exact) mass is 461 g/mol. The molecule has 2 amide bonds. The summed E-state index contributed by atoms with van der Waals surface area (Å²) in [7, 11) is -3.64. The second kappa shape index (κ2) is 8.98. The van der Waals surface area contributed by atoms with Crippen LogP contribution >= 0.6 is 11.6 Å². The molecule has 31 heavy (non-hydrogen) atoms. The van der Waals surface area contributed by atoms with Gasteiger partial charge in [0.25, 0.3) is 0 Å². The van der Waals surface area contributed by atoms with Crippen molar-refractivity contribution in [3.63, 3.8) is 0 Å². The molecule has 2 aromatic carbocycles. The molecule has 2 heterocycles. The molecular weight excluding hydrogens is 438 g/mol. The summed E-state index contributed by atoms with van der Waals surface area (Å²) in [6.45, 7) is 1.30. The summed E-state index contributed by atoms with van der Waals surface area (Å²) < 4.78 is 27.9. The molecule has 0 aromatic heterocycles. The van der Waals surface area contributed by atoms with Crippen LogP contribution in [0, 0.1) is 5.92 Å². The van der Waals surface area contributed by atoms with Gasteiger partial charge in [-0.25, -0.2) is 13.1 Å². The van der Waals surface area contributed by atoms with Gasteiger partial charge in [-0.1, -0.05) is 29.8 Å². The van der Waals surface area contributed by atoms with Gasteiger partial charge in [-0.2, -0.15) is 0 Å². The van der Waals surface area contributed by atoms with Crippen LogP contribution in [0.15, 0.2) is 59.5 Å². The van der Waals surface area contributed by atoms with Crippen molar-refractivity contribution in [2.24, 2.45) is 5.92 Å². The normalized spacial score (nSPS) is 20.3. The minimum Gasteiger partial charge on any atom is -0.342 e. The Hall–Kier alpha value is -2.42. The Morgan fingerprint density at radius 2 is 1.65 bits per heavy atom. The third kappa shape index (κ3) is 4.92. The van der Waals surface area contributed by atoms with Crippen LogP contribution in [0.25, 0.3) is 0 Å². The summed E-state index contributed by atoms with van der Waals surface area (Å²) in [4.78, 5) is 29.0. The predicted octanol–water partition coefficient (Wildman–Crippen LogP) is 2.66. The largest absolute Gasteiger partial charge is 0.342 e. The average molecular weight is 462 g/mol. The smallest absolute Gasteiger partial charge is 0.240 e. The number of para-hydroxylation sites is 1. The topological polar surface area (TPSA) is 86.8 Å². The summed E-state index contributed by atoms with van der Waals surface area (Å²) in [5, 5.41) is 0.474. The lowest BCUT2D eigenvalue weighted by Gasteiger charge is -2.33. The molecule has 0 radical (unpaired) electrons. The number of likely N-dealkylation sites (tertiary alicyclic amines) is 1. The summed E-state index contributed by atoms with van der Waals surface area (Å²) in [6.07, 6.45) is 1.26. The highest BCUT2D eigenvalue weighted by atomic mass is 35.5. The number of benzene rings is 2. The van der Waals surface area contributed by atoms with Crippen molar-refractivity contribution >= 4 is 39.1 Å². The van der Waals surface area contributed by atoms with Crippen LogP contribution in [0.5, 0.6) is 0 Å². The first kappa shape index (κ1) is 21.8. The lowest BCUT2D eigenvalue weighted by Crippen LogP contribution is -2.48. The van der Waals surface area contributed by atoms with Crippen molar-refractivity contribution in [2.75, 3.05) is 24.5 Å². The van der Waals surface area contributed by atoms with E-state index < -0.39 is 10.0 Å². The molecule has 1 N–H and O–H groups in total. The van der Waals surface area contributed by atoms with E-state index >= 15 is 0 Å². The lowest BCUT2D eigenvalue weighted by molar-refractivity contribution is -0.136. The Labute approximate surface area is 187 Å². The zero-order valence-corrected chi connectivity index (χ0v) is 18.5. The molecule has 0 spiro atoms. The molecule has 2 fully saturated rings. The van der Waals surface area contributed by atoms with Crippen LogP contribution in [0.1, 0.15) is 19.3 Å². The van der Waals surface area contributed by atoms with Crippen molar-refractivity contribution in [1.29, 1.82) is 0 Å². The number of carbonyl (C=O) groups is 2. The molecule has 2 aliphatic rings. The van der Waals surface area contributed by atoms with Crippen molar-refractivity contribution in [2.45, 2.75) is 30.2 Å². The number of amides is 2. The summed E-state index contributed by atoms with van der Waals surface area (Å²) in [5.74, 6) is -0.448. The fourth-order valence-corrected chi connectivity index (χ4v) is 5.54. The molecule has 4 rings (SSSR count). The van der Waals surface area contributed by atoms with E-state index in [1.54, 1.807) is 21.9 Å². The molecule has 0 bridgehead atoms. The fourth-order valence-electron chi connectivity index (χ4n) is 4.11. The Balaban J connectivity index is 1.32. The number of rotatable bonds is 5. The van der Waals surface area contributed by atoms with Gasteiger partial charge >= 0.3 is 0 Å². The van der Waals surface area contributed by atoms with Crippen LogP contribution in [-0.4, -0.2) is 50.8 Å². The van der Waals surface area contributed by atoms with E-state index in [2.05, 4.69) is 4.72 Å². The third-order valence-corrected chi connectivity index (χ3v) is 7.58. The van der Waals surface area contributed by atoms with Crippen LogP contribution in [-0.2, 0) is 19.6 Å². The first-order valence-corrected chi connectivity index (χ1v) is 12.1. The van der Waals surface area contributed by atoms with Crippen LogP contribution in [0.3, 0.4) is 0 Å². The molecule has 2 aromatic rings. The molecule has 0 aliphatic carbocycles. The van der Waals surface area contributed by atoms with Gasteiger partial charge in [0.1, 0.15) is 0 Å². The van der Waals surface area contributed by atoms with Gasteiger partial charge < -0.3 is 9.80 Å². The van der Waals surface area contributed by atoms with E-state index in [1.165, 1.54) is 12.1 Å². The van der Waals surface area contributed by atoms with E-state index in [0.717, 1.165) is 5.69 Å². The number of sulfonamides is 1. The van der Waals surface area contributed by atoms with Crippen molar-refractivity contribution in [3.05, 3.63) is 59.6 Å². The molecule has 2 saturated heterocycles. The van der Waals surface area contributed by atoms with E-state index in [0.29, 0.717) is 37.5 Å². The Morgan fingerprint density at radius 3 is 2.29 bits per heavy atom. The van der Waals surface area contributed by atoms with Gasteiger partial charge in [-0.15, -0.1) is 0 Å². The molecule has 0 saturated carbocycles. The molecule has 7 nitrogen and oxygen atoms in total. The lowest BCUT2D eigenvalue weighted by atomic mass is 10.0. The number of carbonyl (C=O) groups excluding carboxylic acids is 2. The summed E-state index contributed by atoms with van der Waals surface area (Å²) in [6, 6.07) is 15.1. The van der Waals surface area contributed by atoms with Crippen LogP contribution in [0.2, 0.25) is 5.02 Å². The maximum Gasteiger partial charge on any atom is 0.240 e.